The summed E-state index contributed by atoms with van der Waals surface area (Å²) in [6, 6.07) is 9.15. The first kappa shape index (κ1) is 17.7. The maximum absolute atomic E-state index is 12.5. The molecule has 0 aliphatic carbocycles. The number of para-hydroxylation sites is 1. The fourth-order valence-corrected chi connectivity index (χ4v) is 2.36. The Balaban J connectivity index is 2.47. The molecule has 0 aliphatic rings. The van der Waals surface area contributed by atoms with Crippen LogP contribution in [0.1, 0.15) is 33.3 Å². The van der Waals surface area contributed by atoms with E-state index in [9.17, 15) is 9.59 Å². The second kappa shape index (κ2) is 6.47. The summed E-state index contributed by atoms with van der Waals surface area (Å²) in [7, 11) is 1.56. The Kier molecular flexibility index (Phi) is 4.78. The fourth-order valence-electron chi connectivity index (χ4n) is 2.36. The monoisotopic (exact) mass is 329 g/mol. The van der Waals surface area contributed by atoms with Crippen LogP contribution in [0.4, 0.5) is 4.79 Å². The number of rotatable bonds is 4. The Morgan fingerprint density at radius 3 is 2.42 bits per heavy atom. The molecule has 6 nitrogen and oxygen atoms in total. The Labute approximate surface area is 142 Å². The first-order valence-corrected chi connectivity index (χ1v) is 7.72. The standard InChI is InChI=1S/C18H23N3O3/c1-17(2,3)24-16(23)20(5)18(4,13-22)14-9-6-7-10-15(14)21-12-8-11-19-21/h6-13H,1-5H3. The molecule has 0 saturated carbocycles. The number of benzene rings is 1. The van der Waals surface area contributed by atoms with E-state index in [-0.39, 0.29) is 0 Å². The number of amides is 1. The van der Waals surface area contributed by atoms with E-state index < -0.39 is 17.2 Å². The third-order valence-electron chi connectivity index (χ3n) is 3.79. The minimum absolute atomic E-state index is 0.563. The molecule has 6 heteroatoms. The van der Waals surface area contributed by atoms with E-state index in [1.807, 2.05) is 24.3 Å². The molecule has 2 rings (SSSR count). The predicted molar refractivity (Wildman–Crippen MR) is 91.0 cm³/mol. The molecule has 24 heavy (non-hydrogen) atoms. The number of hydrogen-bond acceptors (Lipinski definition) is 4. The van der Waals surface area contributed by atoms with Gasteiger partial charge >= 0.3 is 6.09 Å². The number of nitrogens with zero attached hydrogens (tertiary/aromatic N) is 3. The lowest BCUT2D eigenvalue weighted by Crippen LogP contribution is -2.48. The molecule has 1 unspecified atom stereocenters. The van der Waals surface area contributed by atoms with E-state index in [4.69, 9.17) is 4.74 Å². The Morgan fingerprint density at radius 1 is 1.21 bits per heavy atom. The van der Waals surface area contributed by atoms with Crippen LogP contribution in [-0.2, 0) is 15.1 Å². The fraction of sp³-hybridized carbons (Fsp3) is 0.389. The second-order valence-corrected chi connectivity index (χ2v) is 6.77. The Bertz CT molecular complexity index is 719. The van der Waals surface area contributed by atoms with Crippen molar-refractivity contribution in [3.8, 4) is 5.69 Å². The average molecular weight is 329 g/mol. The van der Waals surface area contributed by atoms with Crippen molar-refractivity contribution < 1.29 is 14.3 Å². The molecule has 2 aromatic rings. The highest BCUT2D eigenvalue weighted by Crippen LogP contribution is 2.31. The molecular weight excluding hydrogens is 306 g/mol. The third-order valence-corrected chi connectivity index (χ3v) is 3.79. The van der Waals surface area contributed by atoms with Crippen LogP contribution in [0.5, 0.6) is 0 Å². The minimum Gasteiger partial charge on any atom is -0.444 e. The van der Waals surface area contributed by atoms with Crippen molar-refractivity contribution in [1.29, 1.82) is 0 Å². The maximum Gasteiger partial charge on any atom is 0.411 e. The second-order valence-electron chi connectivity index (χ2n) is 6.77. The maximum atomic E-state index is 12.5. The molecule has 0 saturated heterocycles. The van der Waals surface area contributed by atoms with Crippen molar-refractivity contribution in [3.63, 3.8) is 0 Å². The van der Waals surface area contributed by atoms with Crippen molar-refractivity contribution in [3.05, 3.63) is 48.3 Å². The lowest BCUT2D eigenvalue weighted by atomic mass is 9.90. The normalized spacial score (nSPS) is 13.9. The highest BCUT2D eigenvalue weighted by Gasteiger charge is 2.38. The van der Waals surface area contributed by atoms with Gasteiger partial charge in [-0.3, -0.25) is 4.90 Å². The summed E-state index contributed by atoms with van der Waals surface area (Å²) in [5.41, 5.74) is -0.439. The van der Waals surface area contributed by atoms with Crippen LogP contribution in [0.3, 0.4) is 0 Å². The minimum atomic E-state index is -1.19. The third kappa shape index (κ3) is 3.48. The number of likely N-dealkylation sites (N-methyl/N-ethyl adjacent to an activating group) is 1. The summed E-state index contributed by atoms with van der Waals surface area (Å²) >= 11 is 0. The molecule has 128 valence electrons. The van der Waals surface area contributed by atoms with Gasteiger partial charge in [0.1, 0.15) is 17.4 Å². The smallest absolute Gasteiger partial charge is 0.411 e. The van der Waals surface area contributed by atoms with Crippen LogP contribution in [0.25, 0.3) is 5.69 Å². The molecular formula is C18H23N3O3. The number of hydrogen-bond donors (Lipinski definition) is 0. The van der Waals surface area contributed by atoms with Gasteiger partial charge in [0.05, 0.1) is 5.69 Å². The van der Waals surface area contributed by atoms with Crippen molar-refractivity contribution in [2.45, 2.75) is 38.8 Å². The summed E-state index contributed by atoms with van der Waals surface area (Å²) in [5.74, 6) is 0. The molecule has 1 atom stereocenters. The van der Waals surface area contributed by atoms with E-state index in [1.54, 1.807) is 57.9 Å². The van der Waals surface area contributed by atoms with Gasteiger partial charge in [-0.1, -0.05) is 18.2 Å². The van der Waals surface area contributed by atoms with Gasteiger partial charge in [-0.05, 0) is 39.8 Å². The first-order valence-electron chi connectivity index (χ1n) is 7.72. The Hall–Kier alpha value is -2.63. The molecule has 0 fully saturated rings. The van der Waals surface area contributed by atoms with Crippen LogP contribution >= 0.6 is 0 Å². The molecule has 0 radical (unpaired) electrons. The van der Waals surface area contributed by atoms with Crippen molar-refractivity contribution in [1.82, 2.24) is 14.7 Å². The van der Waals surface area contributed by atoms with Crippen molar-refractivity contribution in [2.75, 3.05) is 7.05 Å². The van der Waals surface area contributed by atoms with Gasteiger partial charge in [-0.2, -0.15) is 5.10 Å². The summed E-state index contributed by atoms with van der Waals surface area (Å²) in [6.45, 7) is 7.05. The predicted octanol–water partition coefficient (Wildman–Crippen LogP) is 3.15. The molecule has 0 bridgehead atoms. The van der Waals surface area contributed by atoms with Crippen molar-refractivity contribution in [2.24, 2.45) is 0 Å². The number of aromatic nitrogens is 2. The summed E-state index contributed by atoms with van der Waals surface area (Å²) in [4.78, 5) is 25.8. The first-order chi connectivity index (χ1) is 11.2. The number of carbonyl (C=O) groups excluding carboxylic acids is 2. The zero-order valence-corrected chi connectivity index (χ0v) is 14.7. The van der Waals surface area contributed by atoms with E-state index in [0.717, 1.165) is 12.0 Å². The van der Waals surface area contributed by atoms with E-state index >= 15 is 0 Å². The van der Waals surface area contributed by atoms with Gasteiger partial charge in [0.2, 0.25) is 0 Å². The zero-order chi connectivity index (χ0) is 18.0. The molecule has 0 N–H and O–H groups in total. The van der Waals surface area contributed by atoms with Crippen LogP contribution in [0, 0.1) is 0 Å². The lowest BCUT2D eigenvalue weighted by Gasteiger charge is -2.36. The molecule has 1 heterocycles. The van der Waals surface area contributed by atoms with Gasteiger partial charge in [0.25, 0.3) is 0 Å². The van der Waals surface area contributed by atoms with Crippen LogP contribution < -0.4 is 0 Å². The van der Waals surface area contributed by atoms with Gasteiger partial charge in [-0.15, -0.1) is 0 Å². The summed E-state index contributed by atoms with van der Waals surface area (Å²) in [6.07, 6.45) is 3.64. The molecule has 1 aromatic carbocycles. The molecule has 1 aromatic heterocycles. The Morgan fingerprint density at radius 2 is 1.88 bits per heavy atom. The topological polar surface area (TPSA) is 64.4 Å². The molecule has 0 spiro atoms. The van der Waals surface area contributed by atoms with Crippen LogP contribution in [0.2, 0.25) is 0 Å². The zero-order valence-electron chi connectivity index (χ0n) is 14.7. The highest BCUT2D eigenvalue weighted by atomic mass is 16.6. The highest BCUT2D eigenvalue weighted by molar-refractivity contribution is 5.79. The SMILES string of the molecule is CN(C(=O)OC(C)(C)C)C(C)(C=O)c1ccccc1-n1cccn1. The summed E-state index contributed by atoms with van der Waals surface area (Å²) < 4.78 is 7.07. The number of aldehydes is 1. The van der Waals surface area contributed by atoms with E-state index in [2.05, 4.69) is 5.10 Å². The van der Waals surface area contributed by atoms with Gasteiger partial charge < -0.3 is 9.53 Å². The average Bonchev–Trinajstić information content (AvgIpc) is 3.06. The molecule has 1 amide bonds. The van der Waals surface area contributed by atoms with Gasteiger partial charge in [-0.25, -0.2) is 9.48 Å². The van der Waals surface area contributed by atoms with Crippen LogP contribution in [0.15, 0.2) is 42.7 Å². The summed E-state index contributed by atoms with van der Waals surface area (Å²) in [5, 5.41) is 4.22. The van der Waals surface area contributed by atoms with E-state index in [0.29, 0.717) is 5.56 Å². The number of carbonyl (C=O) groups is 2. The molecule has 0 aliphatic heterocycles. The number of ether oxygens (including phenoxy) is 1. The van der Waals surface area contributed by atoms with Crippen molar-refractivity contribution >= 4 is 12.4 Å². The quantitative estimate of drug-likeness (QED) is 0.808. The van der Waals surface area contributed by atoms with Gasteiger partial charge in [0.15, 0.2) is 0 Å². The van der Waals surface area contributed by atoms with Crippen LogP contribution in [-0.4, -0.2) is 39.7 Å². The largest absolute Gasteiger partial charge is 0.444 e. The van der Waals surface area contributed by atoms with E-state index in [1.165, 1.54) is 4.90 Å². The van der Waals surface area contributed by atoms with Gasteiger partial charge in [0, 0.05) is 25.0 Å². The lowest BCUT2D eigenvalue weighted by molar-refractivity contribution is -0.117.